The fourth-order valence-electron chi connectivity index (χ4n) is 3.69. The molecule has 3 aromatic rings. The quantitative estimate of drug-likeness (QED) is 0.579. The van der Waals surface area contributed by atoms with Gasteiger partial charge in [0.2, 0.25) is 0 Å². The number of aromatic nitrogens is 2. The van der Waals surface area contributed by atoms with Crippen LogP contribution in [0.15, 0.2) is 65.6 Å². The molecule has 0 bridgehead atoms. The number of nitrogens with zero attached hydrogens (tertiary/aromatic N) is 1. The van der Waals surface area contributed by atoms with Crippen LogP contribution in [-0.4, -0.2) is 39.8 Å². The predicted octanol–water partition coefficient (Wildman–Crippen LogP) is 2.30. The third-order valence-corrected chi connectivity index (χ3v) is 5.06. The SMILES string of the molecule is O=C(NC(Cc1nccc(=O)[nH]1)C(=O)O)OCC1c2ccccc2-c2ccccc21. The molecule has 0 saturated carbocycles. The first kappa shape index (κ1) is 19.4. The Labute approximate surface area is 171 Å². The third kappa shape index (κ3) is 3.93. The summed E-state index contributed by atoms with van der Waals surface area (Å²) in [6.07, 6.45) is 0.262. The van der Waals surface area contributed by atoms with E-state index in [2.05, 4.69) is 15.3 Å². The summed E-state index contributed by atoms with van der Waals surface area (Å²) in [6, 6.07) is 15.8. The number of benzene rings is 2. The van der Waals surface area contributed by atoms with Crippen LogP contribution in [0.1, 0.15) is 22.9 Å². The highest BCUT2D eigenvalue weighted by Gasteiger charge is 2.29. The van der Waals surface area contributed by atoms with E-state index in [9.17, 15) is 19.5 Å². The van der Waals surface area contributed by atoms with Crippen molar-refractivity contribution in [3.05, 3.63) is 88.1 Å². The van der Waals surface area contributed by atoms with Gasteiger partial charge in [-0.2, -0.15) is 0 Å². The molecule has 152 valence electrons. The van der Waals surface area contributed by atoms with E-state index in [1.54, 1.807) is 0 Å². The van der Waals surface area contributed by atoms with Crippen LogP contribution >= 0.6 is 0 Å². The Kier molecular flexibility index (Phi) is 5.30. The highest BCUT2D eigenvalue weighted by Crippen LogP contribution is 2.44. The van der Waals surface area contributed by atoms with Gasteiger partial charge < -0.3 is 20.1 Å². The number of nitrogens with one attached hydrogen (secondary N) is 2. The standard InChI is InChI=1S/C22H19N3O5/c26-20-9-10-23-19(25-20)11-18(21(27)28)24-22(29)30-12-17-15-7-3-1-5-13(15)14-6-2-4-8-16(14)17/h1-10,17-18H,11-12H2,(H,24,29)(H,27,28)(H,23,25,26). The molecular formula is C22H19N3O5. The Bertz CT molecular complexity index is 1110. The van der Waals surface area contributed by atoms with E-state index in [0.29, 0.717) is 0 Å². The molecule has 1 heterocycles. The molecule has 0 spiro atoms. The van der Waals surface area contributed by atoms with Crippen LogP contribution in [0.25, 0.3) is 11.1 Å². The summed E-state index contributed by atoms with van der Waals surface area (Å²) >= 11 is 0. The number of H-pyrrole nitrogens is 1. The average Bonchev–Trinajstić information content (AvgIpc) is 3.06. The smallest absolute Gasteiger partial charge is 0.407 e. The molecule has 1 unspecified atom stereocenters. The highest BCUT2D eigenvalue weighted by molar-refractivity contribution is 5.81. The van der Waals surface area contributed by atoms with E-state index in [0.717, 1.165) is 22.3 Å². The van der Waals surface area contributed by atoms with E-state index in [1.807, 2.05) is 48.5 Å². The normalized spacial score (nSPS) is 13.2. The number of carboxylic acids is 1. The number of aromatic amines is 1. The number of carboxylic acid groups (broad SMARTS) is 1. The zero-order valence-corrected chi connectivity index (χ0v) is 15.9. The van der Waals surface area contributed by atoms with Crippen LogP contribution in [-0.2, 0) is 16.0 Å². The molecule has 0 radical (unpaired) electrons. The maximum absolute atomic E-state index is 12.3. The summed E-state index contributed by atoms with van der Waals surface area (Å²) in [7, 11) is 0. The molecule has 30 heavy (non-hydrogen) atoms. The molecule has 0 saturated heterocycles. The lowest BCUT2D eigenvalue weighted by Gasteiger charge is -2.17. The molecule has 8 heteroatoms. The second-order valence-corrected chi connectivity index (χ2v) is 6.95. The van der Waals surface area contributed by atoms with Crippen LogP contribution < -0.4 is 10.9 Å². The molecule has 1 amide bonds. The lowest BCUT2D eigenvalue weighted by atomic mass is 9.98. The summed E-state index contributed by atoms with van der Waals surface area (Å²) in [5.74, 6) is -1.22. The number of rotatable bonds is 6. The minimum atomic E-state index is -1.29. The van der Waals surface area contributed by atoms with Crippen molar-refractivity contribution in [3.63, 3.8) is 0 Å². The Balaban J connectivity index is 1.44. The van der Waals surface area contributed by atoms with Crippen molar-refractivity contribution in [2.45, 2.75) is 18.4 Å². The summed E-state index contributed by atoms with van der Waals surface area (Å²) in [4.78, 5) is 41.5. The van der Waals surface area contributed by atoms with Crippen molar-refractivity contribution < 1.29 is 19.4 Å². The van der Waals surface area contributed by atoms with E-state index in [1.165, 1.54) is 12.3 Å². The Morgan fingerprint density at radius 2 is 1.70 bits per heavy atom. The monoisotopic (exact) mass is 405 g/mol. The maximum atomic E-state index is 12.3. The van der Waals surface area contributed by atoms with Gasteiger partial charge in [-0.05, 0) is 22.3 Å². The van der Waals surface area contributed by atoms with Crippen molar-refractivity contribution in [2.24, 2.45) is 0 Å². The van der Waals surface area contributed by atoms with Gasteiger partial charge in [0, 0.05) is 24.6 Å². The van der Waals surface area contributed by atoms with E-state index in [4.69, 9.17) is 4.74 Å². The molecule has 4 rings (SSSR count). The second kappa shape index (κ2) is 8.20. The number of alkyl carbamates (subject to hydrolysis) is 1. The van der Waals surface area contributed by atoms with Gasteiger partial charge in [-0.25, -0.2) is 14.6 Å². The molecule has 0 aliphatic heterocycles. The fourth-order valence-corrected chi connectivity index (χ4v) is 3.69. The third-order valence-electron chi connectivity index (χ3n) is 5.06. The minimum absolute atomic E-state index is 0.0760. The minimum Gasteiger partial charge on any atom is -0.480 e. The molecule has 8 nitrogen and oxygen atoms in total. The molecule has 2 aromatic carbocycles. The van der Waals surface area contributed by atoms with Crippen LogP contribution in [0.3, 0.4) is 0 Å². The Morgan fingerprint density at radius 3 is 2.30 bits per heavy atom. The first-order valence-electron chi connectivity index (χ1n) is 9.41. The van der Waals surface area contributed by atoms with Gasteiger partial charge in [-0.15, -0.1) is 0 Å². The number of fused-ring (bicyclic) bond motifs is 3. The average molecular weight is 405 g/mol. The van der Waals surface area contributed by atoms with Gasteiger partial charge in [-0.1, -0.05) is 48.5 Å². The number of amides is 1. The van der Waals surface area contributed by atoms with Gasteiger partial charge in [0.05, 0.1) is 0 Å². The Hall–Kier alpha value is -3.94. The van der Waals surface area contributed by atoms with Crippen LogP contribution in [0, 0.1) is 0 Å². The molecule has 1 aliphatic rings. The fraction of sp³-hybridized carbons (Fsp3) is 0.182. The Morgan fingerprint density at radius 1 is 1.07 bits per heavy atom. The first-order valence-corrected chi connectivity index (χ1v) is 9.41. The molecule has 1 atom stereocenters. The van der Waals surface area contributed by atoms with Crippen molar-refractivity contribution in [3.8, 4) is 11.1 Å². The van der Waals surface area contributed by atoms with E-state index >= 15 is 0 Å². The van der Waals surface area contributed by atoms with Crippen molar-refractivity contribution in [1.82, 2.24) is 15.3 Å². The summed E-state index contributed by atoms with van der Waals surface area (Å²) in [5, 5.41) is 11.7. The summed E-state index contributed by atoms with van der Waals surface area (Å²) < 4.78 is 5.38. The molecule has 3 N–H and O–H groups in total. The summed E-state index contributed by atoms with van der Waals surface area (Å²) in [6.45, 7) is 0.0760. The van der Waals surface area contributed by atoms with E-state index < -0.39 is 23.7 Å². The first-order chi connectivity index (χ1) is 14.5. The van der Waals surface area contributed by atoms with Crippen LogP contribution in [0.2, 0.25) is 0 Å². The topological polar surface area (TPSA) is 121 Å². The van der Waals surface area contributed by atoms with Crippen LogP contribution in [0.4, 0.5) is 4.79 Å². The number of hydrogen-bond acceptors (Lipinski definition) is 5. The van der Waals surface area contributed by atoms with Gasteiger partial charge in [0.15, 0.2) is 0 Å². The van der Waals surface area contributed by atoms with E-state index in [-0.39, 0.29) is 24.8 Å². The molecule has 1 aromatic heterocycles. The number of aliphatic carboxylic acids is 1. The van der Waals surface area contributed by atoms with Crippen molar-refractivity contribution >= 4 is 12.1 Å². The molecule has 1 aliphatic carbocycles. The molecular weight excluding hydrogens is 386 g/mol. The van der Waals surface area contributed by atoms with Gasteiger partial charge in [-0.3, -0.25) is 4.79 Å². The lowest BCUT2D eigenvalue weighted by molar-refractivity contribution is -0.139. The maximum Gasteiger partial charge on any atom is 0.407 e. The number of carbonyl (C=O) groups is 2. The summed E-state index contributed by atoms with van der Waals surface area (Å²) in [5.41, 5.74) is 3.93. The molecule has 0 fully saturated rings. The lowest BCUT2D eigenvalue weighted by Crippen LogP contribution is -2.43. The van der Waals surface area contributed by atoms with Gasteiger partial charge in [0.1, 0.15) is 18.5 Å². The largest absolute Gasteiger partial charge is 0.480 e. The number of ether oxygens (including phenoxy) is 1. The van der Waals surface area contributed by atoms with Crippen molar-refractivity contribution in [1.29, 1.82) is 0 Å². The van der Waals surface area contributed by atoms with Crippen LogP contribution in [0.5, 0.6) is 0 Å². The zero-order valence-electron chi connectivity index (χ0n) is 15.9. The van der Waals surface area contributed by atoms with Crippen molar-refractivity contribution in [2.75, 3.05) is 6.61 Å². The predicted molar refractivity (Wildman–Crippen MR) is 108 cm³/mol. The van der Waals surface area contributed by atoms with Gasteiger partial charge >= 0.3 is 12.1 Å². The highest BCUT2D eigenvalue weighted by atomic mass is 16.5. The second-order valence-electron chi connectivity index (χ2n) is 6.95. The number of carbonyl (C=O) groups excluding carboxylic acids is 1. The number of hydrogen-bond donors (Lipinski definition) is 3. The van der Waals surface area contributed by atoms with Gasteiger partial charge in [0.25, 0.3) is 5.56 Å². The zero-order chi connectivity index (χ0) is 21.1.